The zero-order valence-corrected chi connectivity index (χ0v) is 11.5. The quantitative estimate of drug-likeness (QED) is 0.817. The molecule has 0 bridgehead atoms. The van der Waals surface area contributed by atoms with Gasteiger partial charge in [-0.15, -0.1) is 0 Å². The Kier molecular flexibility index (Phi) is 5.39. The second-order valence-corrected chi connectivity index (χ2v) is 4.97. The van der Waals surface area contributed by atoms with Gasteiger partial charge in [-0.25, -0.2) is 13.2 Å². The van der Waals surface area contributed by atoms with Gasteiger partial charge in [0.1, 0.15) is 36.7 Å². The minimum atomic E-state index is -2.25. The second-order valence-electron chi connectivity index (χ2n) is 4.97. The Bertz CT molecular complexity index is 453. The van der Waals surface area contributed by atoms with Gasteiger partial charge in [0.05, 0.1) is 12.5 Å². The summed E-state index contributed by atoms with van der Waals surface area (Å²) in [6, 6.07) is 3.25. The molecule has 114 valence electrons. The van der Waals surface area contributed by atoms with E-state index in [-0.39, 0.29) is 11.3 Å². The molecule has 6 heteroatoms. The lowest BCUT2D eigenvalue weighted by Crippen LogP contribution is -2.46. The number of hydrogen-bond acceptors (Lipinski definition) is 2. The predicted molar refractivity (Wildman–Crippen MR) is 67.8 cm³/mol. The standard InChI is InChI=1S/C14H18F4O2/c1-8(16)12(19)13(18)14(2,7-15)10-6-9(17)4-5-11(10)20-3/h4-6,8,12-13,19H,7H2,1-3H3. The maximum atomic E-state index is 14.3. The Hall–Kier alpha value is -1.30. The van der Waals surface area contributed by atoms with Crippen LogP contribution < -0.4 is 4.74 Å². The average molecular weight is 294 g/mol. The van der Waals surface area contributed by atoms with E-state index in [2.05, 4.69) is 0 Å². The number of hydrogen-bond donors (Lipinski definition) is 1. The summed E-state index contributed by atoms with van der Waals surface area (Å²) < 4.78 is 59.1. The molecular formula is C14H18F4O2. The first-order chi connectivity index (χ1) is 9.27. The van der Waals surface area contributed by atoms with Crippen LogP contribution in [0.2, 0.25) is 0 Å². The van der Waals surface area contributed by atoms with Crippen molar-refractivity contribution in [3.63, 3.8) is 0 Å². The summed E-state index contributed by atoms with van der Waals surface area (Å²) in [6.45, 7) is 0.886. The van der Waals surface area contributed by atoms with Crippen LogP contribution in [0.5, 0.6) is 5.75 Å². The fraction of sp³-hybridized carbons (Fsp3) is 0.571. The van der Waals surface area contributed by atoms with Crippen LogP contribution in [0.4, 0.5) is 17.6 Å². The van der Waals surface area contributed by atoms with Gasteiger partial charge in [0.15, 0.2) is 0 Å². The number of aliphatic hydroxyl groups is 1. The lowest BCUT2D eigenvalue weighted by molar-refractivity contribution is -0.0208. The molecular weight excluding hydrogens is 276 g/mol. The normalized spacial score (nSPS) is 19.0. The minimum Gasteiger partial charge on any atom is -0.496 e. The highest BCUT2D eigenvalue weighted by molar-refractivity contribution is 5.41. The van der Waals surface area contributed by atoms with Crippen molar-refractivity contribution in [2.24, 2.45) is 0 Å². The summed E-state index contributed by atoms with van der Waals surface area (Å²) in [5.41, 5.74) is -2.00. The molecule has 1 aromatic rings. The van der Waals surface area contributed by atoms with E-state index in [4.69, 9.17) is 4.74 Å². The number of benzene rings is 1. The lowest BCUT2D eigenvalue weighted by Gasteiger charge is -2.34. The monoisotopic (exact) mass is 294 g/mol. The Labute approximate surface area is 115 Å². The van der Waals surface area contributed by atoms with Crippen LogP contribution in [0.15, 0.2) is 18.2 Å². The number of methoxy groups -OCH3 is 1. The molecule has 0 amide bonds. The topological polar surface area (TPSA) is 29.5 Å². The molecule has 0 spiro atoms. The van der Waals surface area contributed by atoms with Crippen molar-refractivity contribution in [1.82, 2.24) is 0 Å². The largest absolute Gasteiger partial charge is 0.496 e. The number of ether oxygens (including phenoxy) is 1. The first-order valence-electron chi connectivity index (χ1n) is 6.14. The fourth-order valence-electron chi connectivity index (χ4n) is 2.03. The van der Waals surface area contributed by atoms with Crippen molar-refractivity contribution in [2.45, 2.75) is 37.7 Å². The van der Waals surface area contributed by atoms with Gasteiger partial charge >= 0.3 is 0 Å². The van der Waals surface area contributed by atoms with E-state index in [9.17, 15) is 22.7 Å². The van der Waals surface area contributed by atoms with Gasteiger partial charge in [-0.1, -0.05) is 0 Å². The molecule has 4 atom stereocenters. The molecule has 0 saturated heterocycles. The summed E-state index contributed by atoms with van der Waals surface area (Å²) in [7, 11) is 1.27. The maximum absolute atomic E-state index is 14.3. The third-order valence-corrected chi connectivity index (χ3v) is 3.43. The average Bonchev–Trinajstić information content (AvgIpc) is 2.44. The van der Waals surface area contributed by atoms with Gasteiger partial charge in [0.25, 0.3) is 0 Å². The number of aliphatic hydroxyl groups excluding tert-OH is 1. The molecule has 0 fully saturated rings. The number of alkyl halides is 3. The van der Waals surface area contributed by atoms with Crippen LogP contribution in [0.25, 0.3) is 0 Å². The maximum Gasteiger partial charge on any atom is 0.141 e. The Morgan fingerprint density at radius 1 is 1.35 bits per heavy atom. The molecule has 0 radical (unpaired) electrons. The van der Waals surface area contributed by atoms with Crippen molar-refractivity contribution < 1.29 is 27.4 Å². The molecule has 0 aliphatic carbocycles. The van der Waals surface area contributed by atoms with Crippen molar-refractivity contribution >= 4 is 0 Å². The number of rotatable bonds is 6. The minimum absolute atomic E-state index is 0.0768. The molecule has 0 aliphatic heterocycles. The van der Waals surface area contributed by atoms with Crippen LogP contribution in [0, 0.1) is 5.82 Å². The second kappa shape index (κ2) is 6.43. The van der Waals surface area contributed by atoms with Crippen LogP contribution in [-0.2, 0) is 5.41 Å². The van der Waals surface area contributed by atoms with Crippen molar-refractivity contribution in [1.29, 1.82) is 0 Å². The van der Waals surface area contributed by atoms with E-state index in [0.29, 0.717) is 0 Å². The van der Waals surface area contributed by atoms with Crippen LogP contribution in [0.1, 0.15) is 19.4 Å². The highest BCUT2D eigenvalue weighted by atomic mass is 19.2. The molecule has 1 aromatic carbocycles. The van der Waals surface area contributed by atoms with E-state index in [1.807, 2.05) is 0 Å². The van der Waals surface area contributed by atoms with E-state index in [1.165, 1.54) is 13.2 Å². The van der Waals surface area contributed by atoms with Crippen LogP contribution >= 0.6 is 0 Å². The summed E-state index contributed by atoms with van der Waals surface area (Å²) in [4.78, 5) is 0. The summed E-state index contributed by atoms with van der Waals surface area (Å²) >= 11 is 0. The zero-order chi connectivity index (χ0) is 15.5. The van der Waals surface area contributed by atoms with Crippen molar-refractivity contribution in [3.8, 4) is 5.75 Å². The highest BCUT2D eigenvalue weighted by Gasteiger charge is 2.44. The van der Waals surface area contributed by atoms with E-state index in [0.717, 1.165) is 26.0 Å². The van der Waals surface area contributed by atoms with Crippen LogP contribution in [0.3, 0.4) is 0 Å². The van der Waals surface area contributed by atoms with Gasteiger partial charge in [0.2, 0.25) is 0 Å². The van der Waals surface area contributed by atoms with Crippen molar-refractivity contribution in [3.05, 3.63) is 29.6 Å². The smallest absolute Gasteiger partial charge is 0.141 e. The van der Waals surface area contributed by atoms with Gasteiger partial charge in [-0.2, -0.15) is 0 Å². The first kappa shape index (κ1) is 16.8. The van der Waals surface area contributed by atoms with E-state index < -0.39 is 36.4 Å². The van der Waals surface area contributed by atoms with Crippen molar-refractivity contribution in [2.75, 3.05) is 13.8 Å². The van der Waals surface area contributed by atoms with Gasteiger partial charge in [-0.3, -0.25) is 4.39 Å². The molecule has 0 aromatic heterocycles. The van der Waals surface area contributed by atoms with E-state index >= 15 is 0 Å². The molecule has 20 heavy (non-hydrogen) atoms. The summed E-state index contributed by atoms with van der Waals surface area (Å²) in [5.74, 6) is -0.622. The Morgan fingerprint density at radius 2 is 1.95 bits per heavy atom. The van der Waals surface area contributed by atoms with Gasteiger partial charge in [-0.05, 0) is 32.0 Å². The third-order valence-electron chi connectivity index (χ3n) is 3.43. The van der Waals surface area contributed by atoms with Gasteiger partial charge in [0, 0.05) is 5.56 Å². The third kappa shape index (κ3) is 3.06. The number of halogens is 4. The Balaban J connectivity index is 3.32. The highest BCUT2D eigenvalue weighted by Crippen LogP contribution is 2.39. The molecule has 1 N–H and O–H groups in total. The molecule has 0 aliphatic rings. The SMILES string of the molecule is COc1ccc(F)cc1C(C)(CF)C(F)C(O)C(C)F. The lowest BCUT2D eigenvalue weighted by atomic mass is 9.76. The summed E-state index contributed by atoms with van der Waals surface area (Å²) in [6.07, 6.45) is -6.14. The molecule has 2 nitrogen and oxygen atoms in total. The molecule has 0 heterocycles. The first-order valence-corrected chi connectivity index (χ1v) is 6.14. The zero-order valence-electron chi connectivity index (χ0n) is 11.5. The molecule has 1 rings (SSSR count). The van der Waals surface area contributed by atoms with Gasteiger partial charge < -0.3 is 9.84 Å². The molecule has 4 unspecified atom stereocenters. The predicted octanol–water partition coefficient (Wildman–Crippen LogP) is 3.12. The summed E-state index contributed by atoms with van der Waals surface area (Å²) in [5, 5.41) is 9.50. The van der Waals surface area contributed by atoms with E-state index in [1.54, 1.807) is 0 Å². The molecule has 0 saturated carbocycles. The fourth-order valence-corrected chi connectivity index (χ4v) is 2.03. The van der Waals surface area contributed by atoms with Crippen LogP contribution in [-0.4, -0.2) is 37.3 Å². The Morgan fingerprint density at radius 3 is 2.40 bits per heavy atom.